The van der Waals surface area contributed by atoms with Crippen LogP contribution < -0.4 is 37.2 Å². The quantitative estimate of drug-likeness (QED) is 0.407. The Labute approximate surface area is 181 Å². The van der Waals surface area contributed by atoms with Crippen LogP contribution in [0.2, 0.25) is 0 Å². The van der Waals surface area contributed by atoms with E-state index in [1.54, 1.807) is 0 Å². The predicted octanol–water partition coefficient (Wildman–Crippen LogP) is -7.46. The molecule has 2 aliphatic rings. The van der Waals surface area contributed by atoms with Gasteiger partial charge in [-0.15, -0.1) is 0 Å². The molecular formula is C13H13Cl3N5Nd. The molecule has 2 aliphatic heterocycles. The minimum absolute atomic E-state index is 0. The first-order chi connectivity index (χ1) is 8.72. The molecule has 3 rings (SSSR count). The third-order valence-corrected chi connectivity index (χ3v) is 2.72. The Hall–Kier alpha value is 0.0506. The van der Waals surface area contributed by atoms with E-state index in [0.717, 1.165) is 22.8 Å². The van der Waals surface area contributed by atoms with E-state index in [1.165, 1.54) is 0 Å². The van der Waals surface area contributed by atoms with Crippen LogP contribution in [0.4, 0.5) is 0 Å². The zero-order valence-corrected chi connectivity index (χ0v) is 17.5. The van der Waals surface area contributed by atoms with Crippen molar-refractivity contribution in [2.24, 2.45) is 20.0 Å². The Balaban J connectivity index is 0. The van der Waals surface area contributed by atoms with Crippen LogP contribution >= 0.6 is 0 Å². The molecule has 0 amide bonds. The second-order valence-electron chi connectivity index (χ2n) is 4.38. The molecule has 115 valence electrons. The molecule has 0 fully saturated rings. The summed E-state index contributed by atoms with van der Waals surface area (Å²) in [6, 6.07) is 5.77. The van der Waals surface area contributed by atoms with Crippen LogP contribution in [-0.2, 0) is 0 Å². The Kier molecular flexibility index (Phi) is 11.9. The molecule has 0 N–H and O–H groups in total. The van der Waals surface area contributed by atoms with Crippen molar-refractivity contribution >= 4 is 23.1 Å². The van der Waals surface area contributed by atoms with Gasteiger partial charge in [0, 0.05) is 11.4 Å². The SMILES string of the molecule is CC1=NC(c2cccc(C3=NCC(C)=N3)n2)=NC1.[Cl-].[Cl-].[Cl-].[Nd+3]. The van der Waals surface area contributed by atoms with Crippen molar-refractivity contribution in [3.05, 3.63) is 29.6 Å². The number of halogens is 3. The van der Waals surface area contributed by atoms with Gasteiger partial charge in [0.25, 0.3) is 0 Å². The van der Waals surface area contributed by atoms with Gasteiger partial charge in [-0.1, -0.05) is 6.07 Å². The molecule has 0 aliphatic carbocycles. The largest absolute Gasteiger partial charge is 3.00 e. The summed E-state index contributed by atoms with van der Waals surface area (Å²) in [6.45, 7) is 5.27. The fourth-order valence-electron chi connectivity index (χ4n) is 1.84. The second kappa shape index (κ2) is 10.8. The fraction of sp³-hybridized carbons (Fsp3) is 0.308. The third-order valence-electron chi connectivity index (χ3n) is 2.72. The molecule has 1 aromatic rings. The van der Waals surface area contributed by atoms with Crippen molar-refractivity contribution in [2.75, 3.05) is 13.1 Å². The van der Waals surface area contributed by atoms with Crippen LogP contribution in [0, 0.1) is 40.8 Å². The van der Waals surface area contributed by atoms with E-state index < -0.39 is 0 Å². The van der Waals surface area contributed by atoms with Gasteiger partial charge < -0.3 is 37.2 Å². The summed E-state index contributed by atoms with van der Waals surface area (Å²) in [5.74, 6) is 1.40. The Morgan fingerprint density at radius 2 is 1.18 bits per heavy atom. The van der Waals surface area contributed by atoms with Crippen LogP contribution in [0.1, 0.15) is 25.2 Å². The van der Waals surface area contributed by atoms with Crippen molar-refractivity contribution in [2.45, 2.75) is 13.8 Å². The minimum atomic E-state index is 0. The summed E-state index contributed by atoms with van der Waals surface area (Å²) in [5.41, 5.74) is 3.60. The average molecular weight is 490 g/mol. The Morgan fingerprint density at radius 3 is 1.50 bits per heavy atom. The molecule has 0 spiro atoms. The number of rotatable bonds is 2. The standard InChI is InChI=1S/C13H13N5.3ClH.Nd/c1-8-6-14-12(16-8)10-4-3-5-11(18-10)13-15-7-9(2)17-13;;;;/h3-5H,6-7H2,1-2H3;3*1H;/q;;;;+3/p-3. The number of hydrogen-bond acceptors (Lipinski definition) is 5. The van der Waals surface area contributed by atoms with E-state index >= 15 is 0 Å². The number of hydrogen-bond donors (Lipinski definition) is 0. The maximum absolute atomic E-state index is 4.53. The van der Waals surface area contributed by atoms with Crippen LogP contribution in [-0.4, -0.2) is 41.2 Å². The summed E-state index contributed by atoms with van der Waals surface area (Å²) < 4.78 is 0. The van der Waals surface area contributed by atoms with E-state index in [4.69, 9.17) is 0 Å². The Bertz CT molecular complexity index is 589. The number of nitrogens with zero attached hydrogens (tertiary/aromatic N) is 5. The average Bonchev–Trinajstić information content (AvgIpc) is 2.98. The smallest absolute Gasteiger partial charge is 1.00 e. The van der Waals surface area contributed by atoms with Crippen molar-refractivity contribution in [1.29, 1.82) is 0 Å². The number of pyridine rings is 1. The van der Waals surface area contributed by atoms with Crippen molar-refractivity contribution in [3.8, 4) is 0 Å². The third kappa shape index (κ3) is 5.60. The van der Waals surface area contributed by atoms with Crippen LogP contribution in [0.25, 0.3) is 0 Å². The van der Waals surface area contributed by atoms with E-state index in [-0.39, 0.29) is 78.1 Å². The summed E-state index contributed by atoms with van der Waals surface area (Å²) in [4.78, 5) is 22.0. The molecule has 1 aromatic heterocycles. The molecule has 0 atom stereocenters. The first-order valence-corrected chi connectivity index (χ1v) is 5.87. The van der Waals surface area contributed by atoms with Gasteiger partial charge in [-0.2, -0.15) is 0 Å². The van der Waals surface area contributed by atoms with Gasteiger partial charge in [-0.05, 0) is 26.0 Å². The molecule has 9 heteroatoms. The summed E-state index contributed by atoms with van der Waals surface area (Å²) in [5, 5.41) is 0. The predicted molar refractivity (Wildman–Crippen MR) is 73.3 cm³/mol. The van der Waals surface area contributed by atoms with Crippen molar-refractivity contribution in [3.63, 3.8) is 0 Å². The number of aliphatic imine (C=N–C) groups is 4. The van der Waals surface area contributed by atoms with Crippen LogP contribution in [0.3, 0.4) is 0 Å². The zero-order chi connectivity index (χ0) is 12.5. The monoisotopic (exact) mass is 486 g/mol. The molecule has 5 nitrogen and oxygen atoms in total. The summed E-state index contributed by atoms with van der Waals surface area (Å²) >= 11 is 0. The molecule has 1 radical (unpaired) electrons. The van der Waals surface area contributed by atoms with Crippen molar-refractivity contribution in [1.82, 2.24) is 4.98 Å². The number of amidine groups is 2. The molecule has 0 saturated carbocycles. The fourth-order valence-corrected chi connectivity index (χ4v) is 1.84. The molecule has 3 heterocycles. The van der Waals surface area contributed by atoms with Gasteiger partial charge in [0.1, 0.15) is 11.4 Å². The second-order valence-corrected chi connectivity index (χ2v) is 4.38. The normalized spacial score (nSPS) is 15.0. The summed E-state index contributed by atoms with van der Waals surface area (Å²) in [7, 11) is 0. The van der Waals surface area contributed by atoms with Crippen molar-refractivity contribution < 1.29 is 78.1 Å². The molecule has 0 aromatic carbocycles. The minimum Gasteiger partial charge on any atom is -1.00 e. The maximum Gasteiger partial charge on any atom is 3.00 e. The molecule has 22 heavy (non-hydrogen) atoms. The van der Waals surface area contributed by atoms with Gasteiger partial charge >= 0.3 is 40.8 Å². The Morgan fingerprint density at radius 1 is 0.773 bits per heavy atom. The van der Waals surface area contributed by atoms with Gasteiger partial charge in [0.2, 0.25) is 0 Å². The van der Waals surface area contributed by atoms with Gasteiger partial charge in [-0.3, -0.25) is 9.98 Å². The van der Waals surface area contributed by atoms with E-state index in [0.29, 0.717) is 24.8 Å². The topological polar surface area (TPSA) is 62.3 Å². The maximum atomic E-state index is 4.53. The first kappa shape index (κ1) is 24.3. The number of aromatic nitrogens is 1. The first-order valence-electron chi connectivity index (χ1n) is 5.87. The van der Waals surface area contributed by atoms with E-state index in [9.17, 15) is 0 Å². The summed E-state index contributed by atoms with van der Waals surface area (Å²) in [6.07, 6.45) is 0. The van der Waals surface area contributed by atoms with Crippen LogP contribution in [0.15, 0.2) is 38.2 Å². The van der Waals surface area contributed by atoms with E-state index in [2.05, 4.69) is 25.0 Å². The molecule has 0 unspecified atom stereocenters. The zero-order valence-electron chi connectivity index (χ0n) is 12.0. The van der Waals surface area contributed by atoms with Gasteiger partial charge in [0.15, 0.2) is 11.7 Å². The molecule has 0 saturated heterocycles. The molecular weight excluding hydrogens is 477 g/mol. The van der Waals surface area contributed by atoms with Gasteiger partial charge in [-0.25, -0.2) is 15.0 Å². The molecule has 0 bridgehead atoms. The van der Waals surface area contributed by atoms with E-state index in [1.807, 2.05) is 32.0 Å². The van der Waals surface area contributed by atoms with Crippen LogP contribution in [0.5, 0.6) is 0 Å². The van der Waals surface area contributed by atoms with Gasteiger partial charge in [0.05, 0.1) is 13.1 Å².